The van der Waals surface area contributed by atoms with Crippen molar-refractivity contribution in [3.63, 3.8) is 0 Å². The Labute approximate surface area is 225 Å². The molecule has 2 atom stereocenters. The number of nitrogens with zero attached hydrogens (tertiary/aromatic N) is 1. The molecule has 2 aliphatic heterocycles. The third-order valence-electron chi connectivity index (χ3n) is 7.78. The summed E-state index contributed by atoms with van der Waals surface area (Å²) in [6, 6.07) is 3.42. The lowest BCUT2D eigenvalue weighted by Gasteiger charge is -2.24. The number of nitrogens with one attached hydrogen (secondary N) is 2. The van der Waals surface area contributed by atoms with Gasteiger partial charge in [0.1, 0.15) is 6.04 Å². The molecule has 1 saturated heterocycles. The predicted octanol–water partition coefficient (Wildman–Crippen LogP) is 3.60. The fraction of sp³-hybridized carbons (Fsp3) is 0.655. The summed E-state index contributed by atoms with van der Waals surface area (Å²) in [5.74, 6) is 0.917. The van der Waals surface area contributed by atoms with Crippen molar-refractivity contribution in [3.05, 3.63) is 23.8 Å². The van der Waals surface area contributed by atoms with Crippen molar-refractivity contribution in [1.82, 2.24) is 15.5 Å². The number of benzene rings is 1. The number of hydrogen-bond donors (Lipinski definition) is 2. The van der Waals surface area contributed by atoms with E-state index in [-0.39, 0.29) is 36.9 Å². The summed E-state index contributed by atoms with van der Waals surface area (Å²) in [5, 5.41) is 5.70. The van der Waals surface area contributed by atoms with E-state index in [4.69, 9.17) is 9.47 Å². The minimum Gasteiger partial charge on any atom is -0.454 e. The highest BCUT2D eigenvalue weighted by atomic mass is 16.7. The number of ether oxygens (including phenoxy) is 2. The van der Waals surface area contributed by atoms with Gasteiger partial charge in [-0.1, -0.05) is 46.0 Å². The van der Waals surface area contributed by atoms with E-state index >= 15 is 0 Å². The summed E-state index contributed by atoms with van der Waals surface area (Å²) >= 11 is 0. The third-order valence-corrected chi connectivity index (χ3v) is 7.78. The third kappa shape index (κ3) is 7.48. The molecule has 0 spiro atoms. The number of fused-ring (bicyclic) bond motifs is 1. The van der Waals surface area contributed by atoms with Gasteiger partial charge in [-0.15, -0.1) is 0 Å². The van der Waals surface area contributed by atoms with Crippen LogP contribution in [0.3, 0.4) is 0 Å². The molecular weight excluding hydrogens is 486 g/mol. The van der Waals surface area contributed by atoms with Crippen molar-refractivity contribution in [2.45, 2.75) is 90.1 Å². The van der Waals surface area contributed by atoms with Crippen molar-refractivity contribution >= 4 is 23.5 Å². The summed E-state index contributed by atoms with van der Waals surface area (Å²) in [5.41, 5.74) is 0.365. The minimum absolute atomic E-state index is 0.0207. The van der Waals surface area contributed by atoms with E-state index in [1.54, 1.807) is 23.1 Å². The van der Waals surface area contributed by atoms with Crippen LogP contribution in [0, 0.1) is 11.8 Å². The maximum absolute atomic E-state index is 13.2. The second-order valence-electron chi connectivity index (χ2n) is 11.3. The van der Waals surface area contributed by atoms with Crippen LogP contribution in [0.5, 0.6) is 11.5 Å². The highest BCUT2D eigenvalue weighted by molar-refractivity contribution is 5.99. The topological polar surface area (TPSA) is 114 Å². The molecule has 1 unspecified atom stereocenters. The smallest absolute Gasteiger partial charge is 0.252 e. The standard InChI is InChI=1S/C29H41N3O6/c1-19(2)15-23(31-28(35)21-11-12-25-26(16-21)38-18-37-25)29(36)30-22-9-6-14-32(17-24(22)33)27(34)13-10-20-7-4-3-5-8-20/h11-12,16,19-20,22-23H,3-10,13-15,17-18H2,1-2H3,(H,30,36)(H,31,35)/t22-,23?/m0/s1. The van der Waals surface area contributed by atoms with Crippen LogP contribution in [-0.4, -0.2) is 60.4 Å². The molecule has 0 radical (unpaired) electrons. The van der Waals surface area contributed by atoms with Crippen molar-refractivity contribution in [3.8, 4) is 11.5 Å². The van der Waals surface area contributed by atoms with Crippen LogP contribution in [0.25, 0.3) is 0 Å². The van der Waals surface area contributed by atoms with Crippen molar-refractivity contribution < 1.29 is 28.7 Å². The Bertz CT molecular complexity index is 1020. The molecule has 3 amide bonds. The molecule has 0 bridgehead atoms. The van der Waals surface area contributed by atoms with Gasteiger partial charge < -0.3 is 25.0 Å². The fourth-order valence-corrected chi connectivity index (χ4v) is 5.61. The maximum Gasteiger partial charge on any atom is 0.252 e. The van der Waals surface area contributed by atoms with Crippen LogP contribution in [0.1, 0.15) is 88.4 Å². The maximum atomic E-state index is 13.2. The molecule has 38 heavy (non-hydrogen) atoms. The van der Waals surface area contributed by atoms with Gasteiger partial charge in [0.2, 0.25) is 18.6 Å². The van der Waals surface area contributed by atoms with Gasteiger partial charge >= 0.3 is 0 Å². The second kappa shape index (κ2) is 13.1. The number of ketones is 1. The molecule has 1 aromatic carbocycles. The van der Waals surface area contributed by atoms with E-state index in [9.17, 15) is 19.2 Å². The quantitative estimate of drug-likeness (QED) is 0.507. The van der Waals surface area contributed by atoms with E-state index < -0.39 is 18.0 Å². The van der Waals surface area contributed by atoms with Gasteiger partial charge in [-0.3, -0.25) is 19.2 Å². The Morgan fingerprint density at radius 3 is 2.55 bits per heavy atom. The molecular formula is C29H41N3O6. The molecule has 1 aromatic rings. The molecule has 9 nitrogen and oxygen atoms in total. The van der Waals surface area contributed by atoms with E-state index in [0.29, 0.717) is 55.2 Å². The lowest BCUT2D eigenvalue weighted by atomic mass is 9.86. The van der Waals surface area contributed by atoms with Crippen LogP contribution in [-0.2, 0) is 14.4 Å². The van der Waals surface area contributed by atoms with Crippen LogP contribution in [0.4, 0.5) is 0 Å². The Morgan fingerprint density at radius 2 is 1.79 bits per heavy atom. The Hall–Kier alpha value is -3.10. The van der Waals surface area contributed by atoms with Gasteiger partial charge in [-0.25, -0.2) is 0 Å². The van der Waals surface area contributed by atoms with Crippen LogP contribution < -0.4 is 20.1 Å². The number of hydrogen-bond acceptors (Lipinski definition) is 6. The number of carbonyl (C=O) groups is 4. The zero-order valence-corrected chi connectivity index (χ0v) is 22.6. The van der Waals surface area contributed by atoms with E-state index in [1.165, 1.54) is 32.1 Å². The summed E-state index contributed by atoms with van der Waals surface area (Å²) in [6.07, 6.45) is 9.10. The Morgan fingerprint density at radius 1 is 1.03 bits per heavy atom. The monoisotopic (exact) mass is 527 g/mol. The summed E-state index contributed by atoms with van der Waals surface area (Å²) < 4.78 is 10.7. The summed E-state index contributed by atoms with van der Waals surface area (Å²) in [7, 11) is 0. The average Bonchev–Trinajstić information content (AvgIpc) is 3.30. The van der Waals surface area contributed by atoms with Gasteiger partial charge in [0, 0.05) is 18.5 Å². The average molecular weight is 528 g/mol. The molecule has 9 heteroatoms. The van der Waals surface area contributed by atoms with Crippen LogP contribution in [0.15, 0.2) is 18.2 Å². The summed E-state index contributed by atoms with van der Waals surface area (Å²) in [6.45, 7) is 4.60. The van der Waals surface area contributed by atoms with Crippen LogP contribution in [0.2, 0.25) is 0 Å². The summed E-state index contributed by atoms with van der Waals surface area (Å²) in [4.78, 5) is 53.7. The molecule has 4 rings (SSSR count). The van der Waals surface area contributed by atoms with Crippen molar-refractivity contribution in [2.24, 2.45) is 11.8 Å². The first kappa shape index (κ1) is 27.9. The Kier molecular flexibility index (Phi) is 9.63. The molecule has 0 aromatic heterocycles. The van der Waals surface area contributed by atoms with Gasteiger partial charge in [-0.2, -0.15) is 0 Å². The van der Waals surface area contributed by atoms with Gasteiger partial charge in [0.05, 0.1) is 12.6 Å². The highest BCUT2D eigenvalue weighted by Gasteiger charge is 2.31. The van der Waals surface area contributed by atoms with E-state index in [0.717, 1.165) is 6.42 Å². The SMILES string of the molecule is CC(C)CC(NC(=O)c1ccc2c(c1)OCO2)C(=O)N[C@H]1CCCN(C(=O)CCC2CCCCC2)CC1=O. The van der Waals surface area contributed by atoms with E-state index in [2.05, 4.69) is 10.6 Å². The molecule has 2 N–H and O–H groups in total. The molecule has 2 heterocycles. The molecule has 3 aliphatic rings. The van der Waals surface area contributed by atoms with Gasteiger partial charge in [-0.05, 0) is 55.7 Å². The zero-order chi connectivity index (χ0) is 27.1. The molecule has 1 saturated carbocycles. The first-order valence-corrected chi connectivity index (χ1v) is 14.1. The minimum atomic E-state index is -0.794. The largest absolute Gasteiger partial charge is 0.454 e. The first-order chi connectivity index (χ1) is 18.3. The molecule has 2 fully saturated rings. The van der Waals surface area contributed by atoms with Gasteiger partial charge in [0.25, 0.3) is 5.91 Å². The van der Waals surface area contributed by atoms with Crippen LogP contribution >= 0.6 is 0 Å². The fourth-order valence-electron chi connectivity index (χ4n) is 5.61. The number of carbonyl (C=O) groups excluding carboxylic acids is 4. The van der Waals surface area contributed by atoms with Crippen molar-refractivity contribution in [2.75, 3.05) is 19.9 Å². The first-order valence-electron chi connectivity index (χ1n) is 14.1. The molecule has 1 aliphatic carbocycles. The Balaban J connectivity index is 1.32. The second-order valence-corrected chi connectivity index (χ2v) is 11.3. The predicted molar refractivity (Wildman–Crippen MR) is 142 cm³/mol. The number of amides is 3. The van der Waals surface area contributed by atoms with E-state index in [1.807, 2.05) is 13.8 Å². The number of Topliss-reactive ketones (excluding diaryl/α,β-unsaturated/α-hetero) is 1. The normalized spacial score (nSPS) is 20.7. The highest BCUT2D eigenvalue weighted by Crippen LogP contribution is 2.32. The lowest BCUT2D eigenvalue weighted by Crippen LogP contribution is -2.52. The lowest BCUT2D eigenvalue weighted by molar-refractivity contribution is -0.136. The number of likely N-dealkylation sites (tertiary alicyclic amines) is 1. The zero-order valence-electron chi connectivity index (χ0n) is 22.6. The van der Waals surface area contributed by atoms with Crippen molar-refractivity contribution in [1.29, 1.82) is 0 Å². The molecule has 208 valence electrons. The van der Waals surface area contributed by atoms with Gasteiger partial charge in [0.15, 0.2) is 17.3 Å². The number of rotatable bonds is 9.